The van der Waals surface area contributed by atoms with E-state index in [4.69, 9.17) is 9.72 Å². The van der Waals surface area contributed by atoms with Crippen molar-refractivity contribution in [3.63, 3.8) is 0 Å². The van der Waals surface area contributed by atoms with Crippen molar-refractivity contribution in [3.8, 4) is 10.6 Å². The molecule has 0 saturated heterocycles. The van der Waals surface area contributed by atoms with E-state index in [9.17, 15) is 4.79 Å². The average molecular weight is 431 g/mol. The Hall–Kier alpha value is -3.58. The lowest BCUT2D eigenvalue weighted by molar-refractivity contribution is 0.0600. The van der Waals surface area contributed by atoms with Gasteiger partial charge in [0.15, 0.2) is 0 Å². The molecule has 0 saturated carbocycles. The topological polar surface area (TPSA) is 77.0 Å². The highest BCUT2D eigenvalue weighted by molar-refractivity contribution is 7.15. The lowest BCUT2D eigenvalue weighted by atomic mass is 10.1. The van der Waals surface area contributed by atoms with Gasteiger partial charge in [-0.2, -0.15) is 0 Å². The first-order chi connectivity index (χ1) is 15.1. The second kappa shape index (κ2) is 9.49. The van der Waals surface area contributed by atoms with Crippen LogP contribution in [0, 0.1) is 6.92 Å². The fourth-order valence-corrected chi connectivity index (χ4v) is 3.99. The number of carbonyl (C=O) groups excluding carboxylic acids is 1. The minimum atomic E-state index is -0.321. The quantitative estimate of drug-likeness (QED) is 0.405. The number of anilines is 2. The third-order valence-electron chi connectivity index (χ3n) is 4.73. The Morgan fingerprint density at radius 3 is 2.65 bits per heavy atom. The van der Waals surface area contributed by atoms with Crippen LogP contribution in [0.2, 0.25) is 0 Å². The number of hydrogen-bond donors (Lipinski definition) is 1. The van der Waals surface area contributed by atoms with Gasteiger partial charge in [-0.3, -0.25) is 0 Å². The van der Waals surface area contributed by atoms with Gasteiger partial charge < -0.3 is 10.1 Å². The zero-order valence-corrected chi connectivity index (χ0v) is 18.1. The molecule has 3 aromatic heterocycles. The summed E-state index contributed by atoms with van der Waals surface area (Å²) in [4.78, 5) is 26.2. The van der Waals surface area contributed by atoms with E-state index in [1.54, 1.807) is 29.7 Å². The first-order valence-electron chi connectivity index (χ1n) is 9.90. The highest BCUT2D eigenvalue weighted by Crippen LogP contribution is 2.27. The number of benzene rings is 1. The van der Waals surface area contributed by atoms with Gasteiger partial charge in [-0.15, -0.1) is 11.3 Å². The molecule has 156 valence electrons. The molecular formula is C24H22N4O2S. The summed E-state index contributed by atoms with van der Waals surface area (Å²) < 4.78 is 4.74. The van der Waals surface area contributed by atoms with Crippen LogP contribution in [0.3, 0.4) is 0 Å². The van der Waals surface area contributed by atoms with Crippen LogP contribution in [0.5, 0.6) is 0 Å². The SMILES string of the molecule is COC(=O)c1ccc(CCc2ncc(-c3cccc(Nc4cc(C)ccn4)n3)s2)cc1. The molecule has 4 rings (SSSR count). The molecule has 6 nitrogen and oxygen atoms in total. The third-order valence-corrected chi connectivity index (χ3v) is 5.81. The Labute approximate surface area is 185 Å². The van der Waals surface area contributed by atoms with Crippen molar-refractivity contribution in [1.29, 1.82) is 0 Å². The highest BCUT2D eigenvalue weighted by atomic mass is 32.1. The minimum Gasteiger partial charge on any atom is -0.465 e. The monoisotopic (exact) mass is 430 g/mol. The first-order valence-corrected chi connectivity index (χ1v) is 10.7. The number of rotatable bonds is 7. The summed E-state index contributed by atoms with van der Waals surface area (Å²) in [5, 5.41) is 4.30. The first kappa shape index (κ1) is 20.7. The van der Waals surface area contributed by atoms with Gasteiger partial charge in [0.1, 0.15) is 11.6 Å². The standard InChI is InChI=1S/C24H22N4O2S/c1-16-12-13-25-22(14-16)28-21-5-3-4-19(27-21)20-15-26-23(31-20)11-8-17-6-9-18(10-7-17)24(29)30-2/h3-7,9-10,12-15H,8,11H2,1-2H3,(H,25,27,28). The maximum atomic E-state index is 11.5. The van der Waals surface area contributed by atoms with E-state index >= 15 is 0 Å². The van der Waals surface area contributed by atoms with Gasteiger partial charge in [0.05, 0.1) is 28.3 Å². The minimum absolute atomic E-state index is 0.321. The third kappa shape index (κ3) is 5.32. The molecular weight excluding hydrogens is 408 g/mol. The summed E-state index contributed by atoms with van der Waals surface area (Å²) in [5.74, 6) is 1.20. The largest absolute Gasteiger partial charge is 0.465 e. The van der Waals surface area contributed by atoms with Crippen molar-refractivity contribution in [2.45, 2.75) is 19.8 Å². The molecule has 0 amide bonds. The van der Waals surface area contributed by atoms with Gasteiger partial charge >= 0.3 is 5.97 Å². The Bertz CT molecular complexity index is 1190. The van der Waals surface area contributed by atoms with Gasteiger partial charge in [0, 0.05) is 18.8 Å². The number of hydrogen-bond acceptors (Lipinski definition) is 7. The number of thiazole rings is 1. The van der Waals surface area contributed by atoms with Crippen LogP contribution in [0.4, 0.5) is 11.6 Å². The molecule has 0 atom stereocenters. The Morgan fingerprint density at radius 2 is 1.87 bits per heavy atom. The van der Waals surface area contributed by atoms with E-state index in [0.717, 1.165) is 51.2 Å². The van der Waals surface area contributed by atoms with Crippen LogP contribution in [0.15, 0.2) is 67.0 Å². The number of aryl methyl sites for hydroxylation is 3. The van der Waals surface area contributed by atoms with Crippen LogP contribution < -0.4 is 5.32 Å². The summed E-state index contributed by atoms with van der Waals surface area (Å²) in [5.41, 5.74) is 3.73. The van der Waals surface area contributed by atoms with Gasteiger partial charge in [0.2, 0.25) is 0 Å². The predicted octanol–water partition coefficient (Wildman–Crippen LogP) is 5.22. The van der Waals surface area contributed by atoms with Gasteiger partial charge in [0.25, 0.3) is 0 Å². The van der Waals surface area contributed by atoms with Crippen LogP contribution in [0.25, 0.3) is 10.6 Å². The lowest BCUT2D eigenvalue weighted by Gasteiger charge is -2.06. The second-order valence-corrected chi connectivity index (χ2v) is 8.17. The van der Waals surface area contributed by atoms with Crippen molar-refractivity contribution in [1.82, 2.24) is 15.0 Å². The van der Waals surface area contributed by atoms with E-state index in [1.165, 1.54) is 7.11 Å². The van der Waals surface area contributed by atoms with Gasteiger partial charge in [-0.25, -0.2) is 19.7 Å². The highest BCUT2D eigenvalue weighted by Gasteiger charge is 2.09. The molecule has 0 bridgehead atoms. The summed E-state index contributed by atoms with van der Waals surface area (Å²) in [6, 6.07) is 17.3. The summed E-state index contributed by atoms with van der Waals surface area (Å²) in [6.07, 6.45) is 5.33. The zero-order chi connectivity index (χ0) is 21.6. The van der Waals surface area contributed by atoms with Crippen LogP contribution >= 0.6 is 11.3 Å². The van der Waals surface area contributed by atoms with E-state index in [2.05, 4.69) is 15.3 Å². The number of ether oxygens (including phenoxy) is 1. The Kier molecular flexibility index (Phi) is 6.33. The fraction of sp³-hybridized carbons (Fsp3) is 0.167. The lowest BCUT2D eigenvalue weighted by Crippen LogP contribution is -2.01. The van der Waals surface area contributed by atoms with Crippen molar-refractivity contribution >= 4 is 28.9 Å². The number of nitrogens with zero attached hydrogens (tertiary/aromatic N) is 3. The number of pyridine rings is 2. The van der Waals surface area contributed by atoms with Crippen molar-refractivity contribution in [2.75, 3.05) is 12.4 Å². The number of nitrogens with one attached hydrogen (secondary N) is 1. The zero-order valence-electron chi connectivity index (χ0n) is 17.3. The molecule has 7 heteroatoms. The number of esters is 1. The predicted molar refractivity (Wildman–Crippen MR) is 123 cm³/mol. The summed E-state index contributed by atoms with van der Waals surface area (Å²) in [6.45, 7) is 2.03. The molecule has 0 radical (unpaired) electrons. The smallest absolute Gasteiger partial charge is 0.337 e. The molecule has 0 unspecified atom stereocenters. The molecule has 1 aromatic carbocycles. The van der Waals surface area contributed by atoms with E-state index < -0.39 is 0 Å². The molecule has 0 aliphatic rings. The van der Waals surface area contributed by atoms with Gasteiger partial charge in [-0.05, 0) is 60.9 Å². The van der Waals surface area contributed by atoms with E-state index in [1.807, 2.05) is 55.6 Å². The molecule has 0 aliphatic carbocycles. The van der Waals surface area contributed by atoms with Crippen molar-refractivity contribution in [2.24, 2.45) is 0 Å². The van der Waals surface area contributed by atoms with Gasteiger partial charge in [-0.1, -0.05) is 18.2 Å². The Morgan fingerprint density at radius 1 is 1.03 bits per heavy atom. The molecule has 0 fully saturated rings. The van der Waals surface area contributed by atoms with E-state index in [0.29, 0.717) is 5.56 Å². The Balaban J connectivity index is 1.41. The molecule has 0 aliphatic heterocycles. The summed E-state index contributed by atoms with van der Waals surface area (Å²) in [7, 11) is 1.39. The van der Waals surface area contributed by atoms with Crippen molar-refractivity contribution in [3.05, 3.63) is 88.7 Å². The van der Waals surface area contributed by atoms with Crippen molar-refractivity contribution < 1.29 is 9.53 Å². The van der Waals surface area contributed by atoms with Crippen LogP contribution in [0.1, 0.15) is 26.5 Å². The summed E-state index contributed by atoms with van der Waals surface area (Å²) >= 11 is 1.64. The van der Waals surface area contributed by atoms with Crippen LogP contribution in [-0.2, 0) is 17.6 Å². The van der Waals surface area contributed by atoms with E-state index in [-0.39, 0.29) is 5.97 Å². The second-order valence-electron chi connectivity index (χ2n) is 7.06. The molecule has 3 heterocycles. The molecule has 31 heavy (non-hydrogen) atoms. The maximum Gasteiger partial charge on any atom is 0.337 e. The number of carbonyl (C=O) groups is 1. The number of methoxy groups -OCH3 is 1. The van der Waals surface area contributed by atoms with Crippen LogP contribution in [-0.4, -0.2) is 28.0 Å². The average Bonchev–Trinajstić information content (AvgIpc) is 3.27. The molecule has 1 N–H and O–H groups in total. The number of aromatic nitrogens is 3. The fourth-order valence-electron chi connectivity index (χ4n) is 3.10. The maximum absolute atomic E-state index is 11.5. The molecule has 0 spiro atoms. The molecule has 4 aromatic rings. The normalized spacial score (nSPS) is 10.6.